The lowest BCUT2D eigenvalue weighted by molar-refractivity contribution is -0.138. The summed E-state index contributed by atoms with van der Waals surface area (Å²) in [5.74, 6) is 5.30. The Morgan fingerprint density at radius 1 is 1.32 bits per heavy atom. The molecule has 1 aliphatic carbocycles. The van der Waals surface area contributed by atoms with Crippen molar-refractivity contribution in [3.63, 3.8) is 0 Å². The Balaban J connectivity index is 2.05. The maximum absolute atomic E-state index is 11.6. The van der Waals surface area contributed by atoms with Crippen LogP contribution in [0, 0.1) is 17.8 Å². The molecule has 0 radical (unpaired) electrons. The lowest BCUT2D eigenvalue weighted by atomic mass is 9.99. The molecule has 4 N–H and O–H groups in total. The molecule has 1 rings (SSSR count). The minimum Gasteiger partial charge on any atom is -0.480 e. The van der Waals surface area contributed by atoms with E-state index in [1.54, 1.807) is 0 Å². The van der Waals surface area contributed by atoms with E-state index in [-0.39, 0.29) is 18.6 Å². The highest BCUT2D eigenvalue weighted by Gasteiger charge is 2.15. The molecule has 1 amide bonds. The SMILES string of the molecule is CC(CCNC(=O)OCCOC1C#CCCCCC1)CC(N)C(=O)O. The topological polar surface area (TPSA) is 111 Å². The van der Waals surface area contributed by atoms with Crippen molar-refractivity contribution in [2.75, 3.05) is 19.8 Å². The van der Waals surface area contributed by atoms with Crippen LogP contribution in [0.2, 0.25) is 0 Å². The van der Waals surface area contributed by atoms with Crippen molar-refractivity contribution in [1.82, 2.24) is 5.32 Å². The summed E-state index contributed by atoms with van der Waals surface area (Å²) in [5, 5.41) is 11.4. The smallest absolute Gasteiger partial charge is 0.407 e. The van der Waals surface area contributed by atoms with E-state index in [4.69, 9.17) is 20.3 Å². The Morgan fingerprint density at radius 2 is 2.12 bits per heavy atom. The van der Waals surface area contributed by atoms with Gasteiger partial charge in [0, 0.05) is 13.0 Å². The summed E-state index contributed by atoms with van der Waals surface area (Å²) in [7, 11) is 0. The van der Waals surface area contributed by atoms with E-state index in [1.165, 1.54) is 6.42 Å². The molecule has 0 aromatic heterocycles. The molecule has 0 bridgehead atoms. The predicted molar refractivity (Wildman–Crippen MR) is 94.0 cm³/mol. The second-order valence-electron chi connectivity index (χ2n) is 6.42. The number of carbonyl (C=O) groups is 2. The number of alkyl carbamates (subject to hydrolysis) is 1. The van der Waals surface area contributed by atoms with Crippen molar-refractivity contribution in [2.24, 2.45) is 11.7 Å². The molecule has 1 aliphatic rings. The zero-order valence-corrected chi connectivity index (χ0v) is 15.0. The van der Waals surface area contributed by atoms with Crippen molar-refractivity contribution in [3.8, 4) is 11.8 Å². The van der Waals surface area contributed by atoms with Crippen molar-refractivity contribution in [2.45, 2.75) is 64.0 Å². The highest BCUT2D eigenvalue weighted by Crippen LogP contribution is 2.11. The summed E-state index contributed by atoms with van der Waals surface area (Å²) in [6, 6.07) is -0.865. The molecule has 7 nitrogen and oxygen atoms in total. The van der Waals surface area contributed by atoms with Gasteiger partial charge >= 0.3 is 12.1 Å². The van der Waals surface area contributed by atoms with E-state index in [0.29, 0.717) is 26.0 Å². The number of carboxylic acid groups (broad SMARTS) is 1. The Hall–Kier alpha value is -1.78. The lowest BCUT2D eigenvalue weighted by Gasteiger charge is -2.15. The number of carboxylic acids is 1. The minimum atomic E-state index is -1.01. The summed E-state index contributed by atoms with van der Waals surface area (Å²) in [6.07, 6.45) is 5.77. The second kappa shape index (κ2) is 12.6. The van der Waals surface area contributed by atoms with Crippen LogP contribution in [-0.2, 0) is 14.3 Å². The van der Waals surface area contributed by atoms with Crippen molar-refractivity contribution >= 4 is 12.1 Å². The number of amides is 1. The number of aliphatic carboxylic acids is 1. The number of rotatable bonds is 10. The fourth-order valence-electron chi connectivity index (χ4n) is 2.55. The molecule has 0 spiro atoms. The predicted octanol–water partition coefficient (Wildman–Crippen LogP) is 1.89. The molecule has 0 saturated heterocycles. The van der Waals surface area contributed by atoms with Crippen LogP contribution >= 0.6 is 0 Å². The van der Waals surface area contributed by atoms with Crippen molar-refractivity contribution in [1.29, 1.82) is 0 Å². The summed E-state index contributed by atoms with van der Waals surface area (Å²) in [6.45, 7) is 2.83. The van der Waals surface area contributed by atoms with Gasteiger partial charge in [-0.3, -0.25) is 4.79 Å². The van der Waals surface area contributed by atoms with Crippen LogP contribution in [0.25, 0.3) is 0 Å². The second-order valence-corrected chi connectivity index (χ2v) is 6.42. The molecule has 0 aliphatic heterocycles. The van der Waals surface area contributed by atoms with Gasteiger partial charge in [-0.2, -0.15) is 0 Å². The van der Waals surface area contributed by atoms with Crippen LogP contribution in [0.5, 0.6) is 0 Å². The molecule has 3 unspecified atom stereocenters. The number of nitrogens with two attached hydrogens (primary N) is 1. The van der Waals surface area contributed by atoms with Gasteiger partial charge < -0.3 is 25.6 Å². The zero-order chi connectivity index (χ0) is 18.5. The van der Waals surface area contributed by atoms with Gasteiger partial charge in [0.15, 0.2) is 0 Å². The summed E-state index contributed by atoms with van der Waals surface area (Å²) in [5.41, 5.74) is 5.47. The Labute approximate surface area is 149 Å². The maximum atomic E-state index is 11.6. The van der Waals surface area contributed by atoms with Gasteiger partial charge in [-0.05, 0) is 38.0 Å². The first-order valence-corrected chi connectivity index (χ1v) is 8.98. The van der Waals surface area contributed by atoms with Gasteiger partial charge in [0.25, 0.3) is 0 Å². The molecule has 0 saturated carbocycles. The first-order chi connectivity index (χ1) is 12.0. The first kappa shape index (κ1) is 21.3. The van der Waals surface area contributed by atoms with E-state index < -0.39 is 18.1 Å². The van der Waals surface area contributed by atoms with Crippen LogP contribution in [0.15, 0.2) is 0 Å². The van der Waals surface area contributed by atoms with Crippen molar-refractivity contribution < 1.29 is 24.2 Å². The Kier molecular flexibility index (Phi) is 10.7. The maximum Gasteiger partial charge on any atom is 0.407 e. The largest absolute Gasteiger partial charge is 0.480 e. The van der Waals surface area contributed by atoms with Crippen LogP contribution in [0.1, 0.15) is 51.9 Å². The van der Waals surface area contributed by atoms with Gasteiger partial charge in [-0.25, -0.2) is 4.79 Å². The Morgan fingerprint density at radius 3 is 2.88 bits per heavy atom. The average Bonchev–Trinajstić information content (AvgIpc) is 2.52. The molecular formula is C18H30N2O5. The van der Waals surface area contributed by atoms with E-state index >= 15 is 0 Å². The molecular weight excluding hydrogens is 324 g/mol. The quantitative estimate of drug-likeness (QED) is 0.408. The molecule has 7 heteroatoms. The zero-order valence-electron chi connectivity index (χ0n) is 15.0. The molecule has 25 heavy (non-hydrogen) atoms. The molecule has 3 atom stereocenters. The average molecular weight is 354 g/mol. The van der Waals surface area contributed by atoms with E-state index in [0.717, 1.165) is 25.7 Å². The summed E-state index contributed by atoms with van der Waals surface area (Å²) >= 11 is 0. The van der Waals surface area contributed by atoms with Crippen LogP contribution in [0.4, 0.5) is 4.79 Å². The van der Waals surface area contributed by atoms with E-state index in [9.17, 15) is 9.59 Å². The number of nitrogens with one attached hydrogen (secondary N) is 1. The standard InChI is InChI=1S/C18H30N2O5/c1-14(13-16(19)17(21)22)9-10-20-18(23)25-12-11-24-15-7-5-3-2-4-6-8-15/h14-16H,2-5,7,9-13,19H2,1H3,(H,20,23)(H,21,22). The highest BCUT2D eigenvalue weighted by molar-refractivity contribution is 5.73. The normalized spacial score (nSPS) is 19.5. The minimum absolute atomic E-state index is 0.0637. The third-order valence-electron chi connectivity index (χ3n) is 4.05. The van der Waals surface area contributed by atoms with Crippen LogP contribution in [-0.4, -0.2) is 49.1 Å². The molecule has 0 aromatic carbocycles. The fraction of sp³-hybridized carbons (Fsp3) is 0.778. The summed E-state index contributed by atoms with van der Waals surface area (Å²) in [4.78, 5) is 22.2. The fourth-order valence-corrected chi connectivity index (χ4v) is 2.55. The lowest BCUT2D eigenvalue weighted by Crippen LogP contribution is -2.33. The molecule has 0 fully saturated rings. The highest BCUT2D eigenvalue weighted by atomic mass is 16.6. The number of hydrogen-bond acceptors (Lipinski definition) is 5. The van der Waals surface area contributed by atoms with Crippen LogP contribution < -0.4 is 11.1 Å². The first-order valence-electron chi connectivity index (χ1n) is 8.98. The van der Waals surface area contributed by atoms with Crippen LogP contribution in [0.3, 0.4) is 0 Å². The molecule has 142 valence electrons. The van der Waals surface area contributed by atoms with Gasteiger partial charge in [0.1, 0.15) is 18.8 Å². The number of hydrogen-bond donors (Lipinski definition) is 3. The summed E-state index contributed by atoms with van der Waals surface area (Å²) < 4.78 is 10.7. The molecule has 0 heterocycles. The van der Waals surface area contributed by atoms with Gasteiger partial charge in [0.2, 0.25) is 0 Å². The monoisotopic (exact) mass is 354 g/mol. The molecule has 0 aromatic rings. The van der Waals surface area contributed by atoms with E-state index in [1.807, 2.05) is 6.92 Å². The Bertz CT molecular complexity index is 472. The van der Waals surface area contributed by atoms with Gasteiger partial charge in [-0.1, -0.05) is 19.3 Å². The third kappa shape index (κ3) is 10.6. The number of ether oxygens (including phenoxy) is 2. The number of carbonyl (C=O) groups excluding carboxylic acids is 1. The van der Waals surface area contributed by atoms with E-state index in [2.05, 4.69) is 17.2 Å². The van der Waals surface area contributed by atoms with Gasteiger partial charge in [-0.15, -0.1) is 5.92 Å². The van der Waals surface area contributed by atoms with Gasteiger partial charge in [0.05, 0.1) is 6.61 Å². The third-order valence-corrected chi connectivity index (χ3v) is 4.05. The van der Waals surface area contributed by atoms with Crippen molar-refractivity contribution in [3.05, 3.63) is 0 Å².